The van der Waals surface area contributed by atoms with Gasteiger partial charge in [0.05, 0.1) is 0 Å². The Morgan fingerprint density at radius 1 is 0.905 bits per heavy atom. The van der Waals surface area contributed by atoms with Crippen LogP contribution in [-0.4, -0.2) is 23.0 Å². The average Bonchev–Trinajstić information content (AvgIpc) is 3.17. The summed E-state index contributed by atoms with van der Waals surface area (Å²) in [5.41, 5.74) is -0.229. The van der Waals surface area contributed by atoms with E-state index in [1.165, 1.54) is 12.8 Å². The van der Waals surface area contributed by atoms with Crippen molar-refractivity contribution in [2.75, 3.05) is 14.2 Å². The molecule has 0 aliphatic heterocycles. The number of allylic oxidation sites excluding steroid dienone is 8. The Kier molecular flexibility index (Phi) is 10.5. The van der Waals surface area contributed by atoms with E-state index in [4.69, 9.17) is 10.2 Å². The summed E-state index contributed by atoms with van der Waals surface area (Å²) >= 11 is -2.51. The molecule has 0 aromatic heterocycles. The van der Waals surface area contributed by atoms with E-state index in [0.717, 1.165) is 14.2 Å². The summed E-state index contributed by atoms with van der Waals surface area (Å²) in [6.45, 7) is 9.93. The van der Waals surface area contributed by atoms with E-state index in [1.807, 2.05) is 6.66 Å². The van der Waals surface area contributed by atoms with Gasteiger partial charge in [-0.3, -0.25) is 0 Å². The first-order valence-electron chi connectivity index (χ1n) is 7.25. The van der Waals surface area contributed by atoms with Gasteiger partial charge in [-0.2, -0.15) is 14.2 Å². The first-order chi connectivity index (χ1) is 10.1. The van der Waals surface area contributed by atoms with Crippen molar-refractivity contribution in [1.29, 1.82) is 0 Å². The molecule has 0 saturated heterocycles. The SMILES string of the molecule is C[C](C)=[Hf+2]([C]1=CC=CC1)([C]1=CC=CC1)=[Si](C)C.C[O-].C[O-]. The Bertz CT molecular complexity index is 520. The van der Waals surface area contributed by atoms with E-state index < -0.39 is 18.1 Å². The fourth-order valence-electron chi connectivity index (χ4n) is 3.44. The molecule has 0 saturated carbocycles. The van der Waals surface area contributed by atoms with Gasteiger partial charge in [-0.25, -0.2) is 0 Å². The predicted molar refractivity (Wildman–Crippen MR) is 89.4 cm³/mol. The van der Waals surface area contributed by atoms with E-state index in [9.17, 15) is 0 Å². The molecular formula is C17H28HfO2Si. The van der Waals surface area contributed by atoms with Crippen LogP contribution in [-0.2, 0) is 18.1 Å². The van der Waals surface area contributed by atoms with Gasteiger partial charge in [-0.1, -0.05) is 0 Å². The van der Waals surface area contributed by atoms with Crippen LogP contribution in [0, 0.1) is 0 Å². The molecular weight excluding hydrogens is 443 g/mol. The molecule has 2 nitrogen and oxygen atoms in total. The zero-order valence-electron chi connectivity index (χ0n) is 14.2. The number of rotatable bonds is 2. The van der Waals surface area contributed by atoms with Crippen LogP contribution < -0.4 is 10.2 Å². The monoisotopic (exact) mass is 472 g/mol. The first-order valence-corrected chi connectivity index (χ1v) is 20.5. The van der Waals surface area contributed by atoms with Gasteiger partial charge in [0.15, 0.2) is 0 Å². The molecule has 0 bridgehead atoms. The van der Waals surface area contributed by atoms with E-state index in [2.05, 4.69) is 63.4 Å². The normalized spacial score (nSPS) is 13.9. The van der Waals surface area contributed by atoms with Crippen LogP contribution in [0.1, 0.15) is 26.7 Å². The summed E-state index contributed by atoms with van der Waals surface area (Å²) in [5.74, 6) is 0. The molecule has 21 heavy (non-hydrogen) atoms. The Labute approximate surface area is 133 Å². The molecule has 0 atom stereocenters. The average molecular weight is 471 g/mol. The van der Waals surface area contributed by atoms with Crippen molar-refractivity contribution in [3.8, 4) is 0 Å². The van der Waals surface area contributed by atoms with Gasteiger partial charge in [0.25, 0.3) is 0 Å². The predicted octanol–water partition coefficient (Wildman–Crippen LogP) is 2.24. The molecule has 0 spiro atoms. The standard InChI is InChI=1S/2C5H5.C3H6.C2H6Si.2CH3O.Hf/c2*1-2-4-5-3-1;2*1-3-2;2*1-2;/h2*1-3H,4H2;2*1-2H3;2*1H3;/q;;;;2*-1;+2. The van der Waals surface area contributed by atoms with Crippen molar-refractivity contribution in [1.82, 2.24) is 0 Å². The summed E-state index contributed by atoms with van der Waals surface area (Å²) < 4.78 is 5.47. The molecule has 116 valence electrons. The third-order valence-electron chi connectivity index (χ3n) is 4.01. The summed E-state index contributed by atoms with van der Waals surface area (Å²) in [4.78, 5) is 0. The Balaban J connectivity index is 0.000000921. The molecule has 0 fully saturated rings. The molecule has 0 aromatic rings. The second-order valence-electron chi connectivity index (χ2n) is 5.40. The van der Waals surface area contributed by atoms with Gasteiger partial charge in [0.1, 0.15) is 0 Å². The van der Waals surface area contributed by atoms with Gasteiger partial charge < -0.3 is 10.2 Å². The Morgan fingerprint density at radius 3 is 1.48 bits per heavy atom. The van der Waals surface area contributed by atoms with Crippen LogP contribution in [0.25, 0.3) is 0 Å². The second kappa shape index (κ2) is 10.5. The zero-order chi connectivity index (χ0) is 16.5. The van der Waals surface area contributed by atoms with Crippen molar-refractivity contribution in [2.45, 2.75) is 39.8 Å². The minimum atomic E-state index is -2.51. The van der Waals surface area contributed by atoms with Crippen LogP contribution in [0.3, 0.4) is 0 Å². The van der Waals surface area contributed by atoms with E-state index in [1.54, 1.807) is 3.26 Å². The van der Waals surface area contributed by atoms with Gasteiger partial charge in [-0.05, 0) is 0 Å². The van der Waals surface area contributed by atoms with Gasteiger partial charge in [0, 0.05) is 0 Å². The van der Waals surface area contributed by atoms with E-state index in [-0.39, 0.29) is 5.49 Å². The van der Waals surface area contributed by atoms with Crippen molar-refractivity contribution in [2.24, 2.45) is 0 Å². The van der Waals surface area contributed by atoms with E-state index >= 15 is 0 Å². The minimum absolute atomic E-state index is 0.229. The topological polar surface area (TPSA) is 46.1 Å². The molecule has 2 rings (SSSR count). The minimum Gasteiger partial charge on any atom is -0.857 e. The van der Waals surface area contributed by atoms with Crippen LogP contribution in [0.4, 0.5) is 0 Å². The van der Waals surface area contributed by atoms with Gasteiger partial charge in [0.2, 0.25) is 0 Å². The van der Waals surface area contributed by atoms with Crippen molar-refractivity contribution in [3.05, 3.63) is 43.1 Å². The molecule has 2 aliphatic rings. The summed E-state index contributed by atoms with van der Waals surface area (Å²) in [7, 11) is 1.50. The van der Waals surface area contributed by atoms with Crippen molar-refractivity contribution < 1.29 is 28.3 Å². The third-order valence-corrected chi connectivity index (χ3v) is 46.0. The molecule has 0 N–H and O–H groups in total. The molecule has 0 amide bonds. The Morgan fingerprint density at radius 2 is 1.29 bits per heavy atom. The fourth-order valence-corrected chi connectivity index (χ4v) is 45.0. The maximum Gasteiger partial charge on any atom is -0.153 e. The molecule has 2 aliphatic carbocycles. The molecule has 0 aromatic carbocycles. The second-order valence-corrected chi connectivity index (χ2v) is 37.9. The van der Waals surface area contributed by atoms with Crippen LogP contribution >= 0.6 is 0 Å². The van der Waals surface area contributed by atoms with Gasteiger partial charge in [-0.15, -0.1) is 0 Å². The zero-order valence-corrected chi connectivity index (χ0v) is 18.8. The number of hydrogen-bond acceptors (Lipinski definition) is 2. The number of hydrogen-bond donors (Lipinski definition) is 0. The maximum absolute atomic E-state index is 8.25. The van der Waals surface area contributed by atoms with Crippen LogP contribution in [0.15, 0.2) is 43.1 Å². The van der Waals surface area contributed by atoms with Crippen LogP contribution in [0.2, 0.25) is 13.1 Å². The van der Waals surface area contributed by atoms with Gasteiger partial charge >= 0.3 is 110 Å². The maximum atomic E-state index is 8.25. The first kappa shape index (κ1) is 20.8. The largest absolute Gasteiger partial charge is 0.857 e. The Hall–Kier alpha value is -0.163. The quantitative estimate of drug-likeness (QED) is 0.581. The summed E-state index contributed by atoms with van der Waals surface area (Å²) in [5, 5.41) is 16.5. The fraction of sp³-hybridized carbons (Fsp3) is 0.471. The molecule has 0 unspecified atom stereocenters. The van der Waals surface area contributed by atoms with Crippen LogP contribution in [0.5, 0.6) is 0 Å². The van der Waals surface area contributed by atoms with E-state index in [0.29, 0.717) is 0 Å². The summed E-state index contributed by atoms with van der Waals surface area (Å²) in [6, 6.07) is 0. The summed E-state index contributed by atoms with van der Waals surface area (Å²) in [6.07, 6.45) is 16.6. The molecule has 0 radical (unpaired) electrons. The smallest absolute Gasteiger partial charge is 0.153 e. The van der Waals surface area contributed by atoms with Crippen molar-refractivity contribution in [3.63, 3.8) is 0 Å². The van der Waals surface area contributed by atoms with Crippen molar-refractivity contribution >= 4 is 8.75 Å². The third kappa shape index (κ3) is 4.41. The molecule has 4 heteroatoms. The molecule has 0 heterocycles.